The topological polar surface area (TPSA) is 136 Å². The number of nitrogens with zero attached hydrogens (tertiary/aromatic N) is 4. The number of carbonyl (C=O) groups excluding carboxylic acids is 3. The van der Waals surface area contributed by atoms with Crippen molar-refractivity contribution >= 4 is 40.8 Å². The molecule has 1 N–H and O–H groups in total. The molecule has 0 saturated heterocycles. The summed E-state index contributed by atoms with van der Waals surface area (Å²) in [6, 6.07) is 17.4. The molecule has 2 aromatic carbocycles. The van der Waals surface area contributed by atoms with Gasteiger partial charge in [0, 0.05) is 5.69 Å². The number of anilines is 2. The van der Waals surface area contributed by atoms with Gasteiger partial charge in [-0.05, 0) is 38.1 Å². The quantitative estimate of drug-likeness (QED) is 0.643. The number of ether oxygens (including phenoxy) is 2. The largest absolute Gasteiger partial charge is 0.466 e. The van der Waals surface area contributed by atoms with Gasteiger partial charge in [0.25, 0.3) is 5.91 Å². The summed E-state index contributed by atoms with van der Waals surface area (Å²) in [4.78, 5) is 41.1. The summed E-state index contributed by atoms with van der Waals surface area (Å²) in [6.07, 6.45) is 0. The third kappa shape index (κ3) is 3.44. The summed E-state index contributed by atoms with van der Waals surface area (Å²) in [7, 11) is 2.22. The maximum atomic E-state index is 13.8. The van der Waals surface area contributed by atoms with Crippen LogP contribution in [-0.4, -0.2) is 43.6 Å². The summed E-state index contributed by atoms with van der Waals surface area (Å²) < 4.78 is 9.90. The second-order valence-corrected chi connectivity index (χ2v) is 8.31. The molecular weight excluding hydrogens is 462 g/mol. The minimum absolute atomic E-state index is 0.201. The fraction of sp³-hybridized carbons (Fsp3) is 0.231. The molecule has 2 unspecified atom stereocenters. The molecule has 0 spiro atoms. The number of esters is 2. The molecule has 2 aliphatic rings. The first-order valence-corrected chi connectivity index (χ1v) is 11.0. The van der Waals surface area contributed by atoms with Crippen LogP contribution in [0.2, 0.25) is 0 Å². The Morgan fingerprint density at radius 3 is 2.17 bits per heavy atom. The van der Waals surface area contributed by atoms with Gasteiger partial charge in [-0.15, -0.1) is 0 Å². The molecule has 2 aliphatic heterocycles. The lowest BCUT2D eigenvalue weighted by Gasteiger charge is -2.30. The Morgan fingerprint density at radius 1 is 1.00 bits per heavy atom. The number of hydrogen-bond acceptors (Lipinski definition) is 8. The van der Waals surface area contributed by atoms with Crippen molar-refractivity contribution in [2.45, 2.75) is 13.8 Å². The van der Waals surface area contributed by atoms with Crippen molar-refractivity contribution < 1.29 is 23.9 Å². The van der Waals surface area contributed by atoms with Crippen LogP contribution in [-0.2, 0) is 23.9 Å². The molecule has 0 aromatic heterocycles. The normalized spacial score (nSPS) is 21.4. The van der Waals surface area contributed by atoms with E-state index in [0.717, 1.165) is 29.7 Å². The van der Waals surface area contributed by atoms with Crippen molar-refractivity contribution in [3.63, 3.8) is 0 Å². The number of amidine groups is 1. The van der Waals surface area contributed by atoms with Gasteiger partial charge >= 0.3 is 11.9 Å². The van der Waals surface area contributed by atoms with Crippen molar-refractivity contribution in [3.05, 3.63) is 71.4 Å². The van der Waals surface area contributed by atoms with Gasteiger partial charge in [-0.1, -0.05) is 35.9 Å². The number of hydrogen-bond donors (Lipinski definition) is 1. The monoisotopic (exact) mass is 485 g/mol. The van der Waals surface area contributed by atoms with Crippen LogP contribution < -0.4 is 9.91 Å². The Hall–Kier alpha value is -4.78. The van der Waals surface area contributed by atoms with Gasteiger partial charge in [0.15, 0.2) is 5.41 Å². The Labute approximate surface area is 207 Å². The number of hydrazone groups is 1. The first kappa shape index (κ1) is 24.3. The van der Waals surface area contributed by atoms with E-state index >= 15 is 0 Å². The molecule has 182 valence electrons. The first-order valence-electron chi connectivity index (χ1n) is 11.0. The lowest BCUT2D eigenvalue weighted by Crippen LogP contribution is -2.48. The molecule has 2 atom stereocenters. The van der Waals surface area contributed by atoms with Crippen LogP contribution in [0, 0.1) is 35.0 Å². The number of nitriles is 1. The van der Waals surface area contributed by atoms with Crippen LogP contribution in [0.25, 0.3) is 0 Å². The van der Waals surface area contributed by atoms with Crippen LogP contribution in [0.4, 0.5) is 11.4 Å². The van der Waals surface area contributed by atoms with Crippen LogP contribution in [0.15, 0.2) is 71.0 Å². The highest BCUT2D eigenvalue weighted by atomic mass is 16.5. The third-order valence-corrected chi connectivity index (χ3v) is 6.25. The van der Waals surface area contributed by atoms with E-state index in [1.165, 1.54) is 0 Å². The number of carbonyl (C=O) groups is 3. The Bertz CT molecular complexity index is 1370. The smallest absolute Gasteiger partial charge is 0.355 e. The van der Waals surface area contributed by atoms with Crippen molar-refractivity contribution in [2.24, 2.45) is 16.4 Å². The van der Waals surface area contributed by atoms with Crippen LogP contribution in [0.1, 0.15) is 12.5 Å². The molecule has 4 rings (SSSR count). The van der Waals surface area contributed by atoms with Gasteiger partial charge in [0.1, 0.15) is 17.5 Å². The molecule has 0 bridgehead atoms. The van der Waals surface area contributed by atoms with Crippen LogP contribution in [0.3, 0.4) is 0 Å². The Morgan fingerprint density at radius 2 is 1.61 bits per heavy atom. The van der Waals surface area contributed by atoms with E-state index in [1.807, 2.05) is 25.1 Å². The summed E-state index contributed by atoms with van der Waals surface area (Å²) in [6.45, 7) is 3.44. The van der Waals surface area contributed by atoms with E-state index in [9.17, 15) is 19.6 Å². The van der Waals surface area contributed by atoms with Gasteiger partial charge in [0.05, 0.1) is 37.3 Å². The maximum absolute atomic E-state index is 13.8. The average Bonchev–Trinajstić information content (AvgIpc) is 3.34. The summed E-state index contributed by atoms with van der Waals surface area (Å²) in [5, 5.41) is 25.2. The molecule has 0 fully saturated rings. The average molecular weight is 486 g/mol. The van der Waals surface area contributed by atoms with Gasteiger partial charge in [-0.3, -0.25) is 15.1 Å². The zero-order valence-corrected chi connectivity index (χ0v) is 20.1. The van der Waals surface area contributed by atoms with E-state index in [2.05, 4.69) is 5.10 Å². The minimum atomic E-state index is -2.21. The van der Waals surface area contributed by atoms with E-state index < -0.39 is 40.6 Å². The predicted molar refractivity (Wildman–Crippen MR) is 131 cm³/mol. The standard InChI is InChI=1S/C26H23N5O5/c1-15-10-12-18(13-11-15)31-22(32)19(16(2)29-31)26(14-27)20(23(33)35-3)21(24(34)36-4)30(25(26)28)17-8-6-5-7-9-17/h5-13,19,28H,1-4H3. The predicted octanol–water partition coefficient (Wildman–Crippen LogP) is 2.94. The van der Waals surface area contributed by atoms with E-state index in [-0.39, 0.29) is 11.4 Å². The molecule has 0 aliphatic carbocycles. The summed E-state index contributed by atoms with van der Waals surface area (Å²) in [5.74, 6) is -4.45. The van der Waals surface area contributed by atoms with Crippen LogP contribution >= 0.6 is 0 Å². The fourth-order valence-electron chi connectivity index (χ4n) is 4.58. The van der Waals surface area contributed by atoms with E-state index in [4.69, 9.17) is 14.9 Å². The van der Waals surface area contributed by atoms with Gasteiger partial charge in [-0.25, -0.2) is 14.6 Å². The van der Waals surface area contributed by atoms with Crippen molar-refractivity contribution in [3.8, 4) is 6.07 Å². The fourth-order valence-corrected chi connectivity index (χ4v) is 4.58. The highest BCUT2D eigenvalue weighted by Crippen LogP contribution is 2.50. The van der Waals surface area contributed by atoms with Crippen LogP contribution in [0.5, 0.6) is 0 Å². The van der Waals surface area contributed by atoms with Crippen molar-refractivity contribution in [2.75, 3.05) is 24.1 Å². The minimum Gasteiger partial charge on any atom is -0.466 e. The van der Waals surface area contributed by atoms with Gasteiger partial charge in [0.2, 0.25) is 0 Å². The maximum Gasteiger partial charge on any atom is 0.355 e. The molecular formula is C26H23N5O5. The number of para-hydroxylation sites is 1. The lowest BCUT2D eigenvalue weighted by molar-refractivity contribution is -0.139. The summed E-state index contributed by atoms with van der Waals surface area (Å²) in [5.41, 5.74) is -1.06. The Kier molecular flexibility index (Phi) is 6.16. The molecule has 1 amide bonds. The number of nitrogens with one attached hydrogen (secondary N) is 1. The lowest BCUT2D eigenvalue weighted by atomic mass is 9.68. The Balaban J connectivity index is 1.97. The van der Waals surface area contributed by atoms with Crippen molar-refractivity contribution in [1.29, 1.82) is 10.7 Å². The second-order valence-electron chi connectivity index (χ2n) is 8.31. The highest BCUT2D eigenvalue weighted by Gasteiger charge is 2.65. The zero-order chi connectivity index (χ0) is 26.2. The van der Waals surface area contributed by atoms with Gasteiger partial charge in [-0.2, -0.15) is 10.4 Å². The molecule has 0 saturated carbocycles. The molecule has 36 heavy (non-hydrogen) atoms. The number of rotatable bonds is 5. The van der Waals surface area contributed by atoms with E-state index in [1.54, 1.807) is 49.4 Å². The highest BCUT2D eigenvalue weighted by molar-refractivity contribution is 6.28. The molecule has 2 heterocycles. The molecule has 10 nitrogen and oxygen atoms in total. The molecule has 2 aromatic rings. The number of benzene rings is 2. The number of aryl methyl sites for hydroxylation is 1. The number of methoxy groups -OCH3 is 2. The first-order chi connectivity index (χ1) is 17.2. The van der Waals surface area contributed by atoms with Crippen molar-refractivity contribution in [1.82, 2.24) is 0 Å². The van der Waals surface area contributed by atoms with Gasteiger partial charge < -0.3 is 9.47 Å². The molecule has 10 heteroatoms. The third-order valence-electron chi connectivity index (χ3n) is 6.25. The molecule has 0 radical (unpaired) electrons. The SMILES string of the molecule is COC(=O)C1=C(C(=O)OC)C(C#N)(C2C(=O)N(c3ccc(C)cc3)N=C2C)C(=N)N1c1ccccc1. The second kappa shape index (κ2) is 9.11. The number of amides is 1. The zero-order valence-electron chi connectivity index (χ0n) is 20.1. The summed E-state index contributed by atoms with van der Waals surface area (Å²) >= 11 is 0. The van der Waals surface area contributed by atoms with E-state index in [0.29, 0.717) is 11.4 Å².